The van der Waals surface area contributed by atoms with Crippen molar-refractivity contribution in [2.45, 2.75) is 72.4 Å². The number of fused-ring (bicyclic) bond motifs is 2. The Morgan fingerprint density at radius 1 is 1.12 bits per heavy atom. The topological polar surface area (TPSA) is 60.0 Å². The van der Waals surface area contributed by atoms with Crippen LogP contribution in [-0.4, -0.2) is 36.6 Å². The second-order valence-electron chi connectivity index (χ2n) is 9.99. The van der Waals surface area contributed by atoms with Crippen LogP contribution in [0.1, 0.15) is 51.0 Å². The molecule has 6 nitrogen and oxygen atoms in total. The van der Waals surface area contributed by atoms with Crippen LogP contribution in [0.25, 0.3) is 27.7 Å². The molecule has 1 aliphatic carbocycles. The van der Waals surface area contributed by atoms with E-state index in [1.807, 2.05) is 41.9 Å². The standard InChI is InChI=1S/C25H30F2N6/c1-15-23-19(17-5-6-20-21(13-17)32(14-22(26)27)16(2)29-20)9-12-33(23)31-24(28-15)30-18-7-10-25(3,4)11-8-18/h5-6,9,12-13,18,22H,7-8,10-11,14H2,1-4H3,(H,30,31). The number of halogens is 2. The summed E-state index contributed by atoms with van der Waals surface area (Å²) in [6, 6.07) is 8.20. The molecule has 1 aliphatic rings. The first kappa shape index (κ1) is 21.8. The molecule has 0 atom stereocenters. The number of imidazole rings is 1. The van der Waals surface area contributed by atoms with Gasteiger partial charge in [0.05, 0.1) is 28.8 Å². The highest BCUT2D eigenvalue weighted by molar-refractivity contribution is 5.88. The lowest BCUT2D eigenvalue weighted by Gasteiger charge is -2.34. The van der Waals surface area contributed by atoms with Crippen molar-refractivity contribution in [3.8, 4) is 11.1 Å². The zero-order valence-electron chi connectivity index (χ0n) is 19.6. The highest BCUT2D eigenvalue weighted by atomic mass is 19.3. The van der Waals surface area contributed by atoms with E-state index in [1.165, 1.54) is 12.8 Å². The third kappa shape index (κ3) is 4.18. The number of anilines is 1. The van der Waals surface area contributed by atoms with Crippen molar-refractivity contribution in [1.82, 2.24) is 24.1 Å². The van der Waals surface area contributed by atoms with Crippen molar-refractivity contribution in [2.75, 3.05) is 5.32 Å². The first-order valence-electron chi connectivity index (χ1n) is 11.6. The van der Waals surface area contributed by atoms with Crippen molar-refractivity contribution in [3.63, 3.8) is 0 Å². The number of hydrogen-bond donors (Lipinski definition) is 1. The molecule has 0 saturated heterocycles. The summed E-state index contributed by atoms with van der Waals surface area (Å²) < 4.78 is 29.7. The third-order valence-corrected chi connectivity index (χ3v) is 6.93. The number of rotatable bonds is 5. The summed E-state index contributed by atoms with van der Waals surface area (Å²) in [5.41, 5.74) is 5.54. The maximum absolute atomic E-state index is 13.1. The van der Waals surface area contributed by atoms with Crippen LogP contribution in [0.4, 0.5) is 14.7 Å². The van der Waals surface area contributed by atoms with Gasteiger partial charge in [-0.05, 0) is 68.7 Å². The van der Waals surface area contributed by atoms with Gasteiger partial charge in [0.1, 0.15) is 5.82 Å². The zero-order valence-corrected chi connectivity index (χ0v) is 19.6. The van der Waals surface area contributed by atoms with E-state index in [9.17, 15) is 8.78 Å². The van der Waals surface area contributed by atoms with Crippen LogP contribution in [0.5, 0.6) is 0 Å². The van der Waals surface area contributed by atoms with E-state index in [2.05, 4.69) is 24.1 Å². The molecule has 0 radical (unpaired) electrons. The molecular formula is C25H30F2N6. The molecule has 1 fully saturated rings. The Bertz CT molecular complexity index is 1310. The molecular weight excluding hydrogens is 422 g/mol. The molecule has 8 heteroatoms. The summed E-state index contributed by atoms with van der Waals surface area (Å²) in [7, 11) is 0. The predicted octanol–water partition coefficient (Wildman–Crippen LogP) is 6.01. The minimum absolute atomic E-state index is 0.363. The van der Waals surface area contributed by atoms with Crippen LogP contribution in [0, 0.1) is 19.3 Å². The SMILES string of the molecule is Cc1nc(NC2CCC(C)(C)CC2)nn2ccc(-c3ccc4nc(C)n(CC(F)F)c4c3)c12. The summed E-state index contributed by atoms with van der Waals surface area (Å²) in [6.07, 6.45) is 4.14. The third-order valence-electron chi connectivity index (χ3n) is 6.93. The van der Waals surface area contributed by atoms with Crippen LogP contribution in [0.3, 0.4) is 0 Å². The molecule has 1 saturated carbocycles. The zero-order chi connectivity index (χ0) is 23.3. The molecule has 1 N–H and O–H groups in total. The number of hydrogen-bond acceptors (Lipinski definition) is 4. The van der Waals surface area contributed by atoms with Crippen LogP contribution in [0.2, 0.25) is 0 Å². The smallest absolute Gasteiger partial charge is 0.256 e. The van der Waals surface area contributed by atoms with Gasteiger partial charge < -0.3 is 9.88 Å². The van der Waals surface area contributed by atoms with Gasteiger partial charge in [0.25, 0.3) is 6.43 Å². The fourth-order valence-corrected chi connectivity index (χ4v) is 5.00. The monoisotopic (exact) mass is 452 g/mol. The molecule has 4 aromatic rings. The molecule has 3 aromatic heterocycles. The quantitative estimate of drug-likeness (QED) is 0.403. The highest BCUT2D eigenvalue weighted by Crippen LogP contribution is 2.36. The van der Waals surface area contributed by atoms with Crippen LogP contribution in [-0.2, 0) is 6.54 Å². The van der Waals surface area contributed by atoms with Gasteiger partial charge in [-0.2, -0.15) is 0 Å². The van der Waals surface area contributed by atoms with E-state index < -0.39 is 6.43 Å². The lowest BCUT2D eigenvalue weighted by Crippen LogP contribution is -2.30. The molecule has 3 heterocycles. The Morgan fingerprint density at radius 3 is 2.61 bits per heavy atom. The van der Waals surface area contributed by atoms with E-state index in [1.54, 1.807) is 11.5 Å². The Kier molecular flexibility index (Phi) is 5.34. The normalized spacial score (nSPS) is 16.8. The van der Waals surface area contributed by atoms with Gasteiger partial charge in [0.15, 0.2) is 0 Å². The Hall–Kier alpha value is -3.03. The van der Waals surface area contributed by atoms with Crippen molar-refractivity contribution in [1.29, 1.82) is 0 Å². The number of aryl methyl sites for hydroxylation is 2. The number of nitrogens with zero attached hydrogens (tertiary/aromatic N) is 5. The Balaban J connectivity index is 1.48. The van der Waals surface area contributed by atoms with Gasteiger partial charge in [0.2, 0.25) is 5.95 Å². The second-order valence-corrected chi connectivity index (χ2v) is 9.99. The van der Waals surface area contributed by atoms with Crippen LogP contribution < -0.4 is 5.32 Å². The first-order chi connectivity index (χ1) is 15.7. The van der Waals surface area contributed by atoms with E-state index in [0.29, 0.717) is 28.7 Å². The summed E-state index contributed by atoms with van der Waals surface area (Å²) in [4.78, 5) is 9.19. The van der Waals surface area contributed by atoms with Gasteiger partial charge in [-0.25, -0.2) is 23.3 Å². The van der Waals surface area contributed by atoms with Crippen molar-refractivity contribution in [2.24, 2.45) is 5.41 Å². The minimum atomic E-state index is -2.43. The highest BCUT2D eigenvalue weighted by Gasteiger charge is 2.27. The van der Waals surface area contributed by atoms with E-state index in [0.717, 1.165) is 40.7 Å². The molecule has 5 rings (SSSR count). The van der Waals surface area contributed by atoms with Gasteiger partial charge in [-0.15, -0.1) is 5.10 Å². The molecule has 1 aromatic carbocycles. The largest absolute Gasteiger partial charge is 0.350 e. The lowest BCUT2D eigenvalue weighted by atomic mass is 9.76. The van der Waals surface area contributed by atoms with Gasteiger partial charge in [-0.1, -0.05) is 19.9 Å². The molecule has 0 aliphatic heterocycles. The molecule has 0 spiro atoms. The van der Waals surface area contributed by atoms with Crippen molar-refractivity contribution in [3.05, 3.63) is 42.0 Å². The number of aromatic nitrogens is 5. The van der Waals surface area contributed by atoms with Gasteiger partial charge in [0, 0.05) is 17.8 Å². The maximum Gasteiger partial charge on any atom is 0.256 e. The Labute approximate surface area is 192 Å². The summed E-state index contributed by atoms with van der Waals surface area (Å²) in [5, 5.41) is 8.24. The molecule has 0 unspecified atom stereocenters. The fourth-order valence-electron chi connectivity index (χ4n) is 5.00. The average molecular weight is 453 g/mol. The summed E-state index contributed by atoms with van der Waals surface area (Å²) in [6.45, 7) is 8.04. The van der Waals surface area contributed by atoms with E-state index in [-0.39, 0.29) is 6.54 Å². The van der Waals surface area contributed by atoms with Crippen molar-refractivity contribution >= 4 is 22.5 Å². The van der Waals surface area contributed by atoms with Crippen molar-refractivity contribution < 1.29 is 8.78 Å². The van der Waals surface area contributed by atoms with E-state index in [4.69, 9.17) is 10.1 Å². The molecule has 33 heavy (non-hydrogen) atoms. The average Bonchev–Trinajstić information content (AvgIpc) is 3.30. The lowest BCUT2D eigenvalue weighted by molar-refractivity contribution is 0.127. The minimum Gasteiger partial charge on any atom is -0.350 e. The predicted molar refractivity (Wildman–Crippen MR) is 127 cm³/mol. The van der Waals surface area contributed by atoms with Crippen LogP contribution in [0.15, 0.2) is 30.5 Å². The van der Waals surface area contributed by atoms with Crippen LogP contribution >= 0.6 is 0 Å². The van der Waals surface area contributed by atoms with Gasteiger partial charge >= 0.3 is 0 Å². The maximum atomic E-state index is 13.1. The fraction of sp³-hybridized carbons (Fsp3) is 0.480. The Morgan fingerprint density at radius 2 is 1.88 bits per heavy atom. The molecule has 0 bridgehead atoms. The number of benzene rings is 1. The summed E-state index contributed by atoms with van der Waals surface area (Å²) in [5.74, 6) is 1.23. The van der Waals surface area contributed by atoms with E-state index >= 15 is 0 Å². The summed E-state index contributed by atoms with van der Waals surface area (Å²) >= 11 is 0. The first-order valence-corrected chi connectivity index (χ1v) is 11.6. The molecule has 174 valence electrons. The number of nitrogens with one attached hydrogen (secondary N) is 1. The van der Waals surface area contributed by atoms with Gasteiger partial charge in [-0.3, -0.25) is 0 Å². The second kappa shape index (κ2) is 8.08. The number of alkyl halides is 2. The molecule has 0 amide bonds.